The van der Waals surface area contributed by atoms with Gasteiger partial charge in [-0.05, 0) is 42.0 Å². The lowest BCUT2D eigenvalue weighted by molar-refractivity contribution is 0.897. The van der Waals surface area contributed by atoms with Crippen LogP contribution in [0.15, 0.2) is 47.5 Å². The van der Waals surface area contributed by atoms with E-state index in [0.29, 0.717) is 10.0 Å². The highest BCUT2D eigenvalue weighted by molar-refractivity contribution is 6.42. The SMILES string of the molecule is CN1CCN=C(C=Cc2ccc(Cl)c(Cl)c2)c2ccc(N)cc21. The van der Waals surface area contributed by atoms with Crippen molar-refractivity contribution in [1.82, 2.24) is 0 Å². The van der Waals surface area contributed by atoms with E-state index in [1.807, 2.05) is 42.5 Å². The summed E-state index contributed by atoms with van der Waals surface area (Å²) < 4.78 is 0. The maximum atomic E-state index is 6.06. The number of halogens is 2. The van der Waals surface area contributed by atoms with Crippen LogP contribution in [0.3, 0.4) is 0 Å². The number of nitrogen functional groups attached to an aromatic ring is 1. The zero-order valence-corrected chi connectivity index (χ0v) is 14.3. The van der Waals surface area contributed by atoms with Crippen LogP contribution in [0, 0.1) is 0 Å². The number of likely N-dealkylation sites (N-methyl/N-ethyl adjacent to an activating group) is 1. The maximum Gasteiger partial charge on any atom is 0.0668 e. The molecule has 23 heavy (non-hydrogen) atoms. The zero-order valence-electron chi connectivity index (χ0n) is 12.8. The van der Waals surface area contributed by atoms with Gasteiger partial charge in [0.2, 0.25) is 0 Å². The van der Waals surface area contributed by atoms with Gasteiger partial charge in [0.15, 0.2) is 0 Å². The summed E-state index contributed by atoms with van der Waals surface area (Å²) in [5, 5.41) is 1.10. The average Bonchev–Trinajstić information content (AvgIpc) is 2.68. The summed E-state index contributed by atoms with van der Waals surface area (Å²) in [6, 6.07) is 11.5. The number of anilines is 2. The molecule has 1 aliphatic rings. The van der Waals surface area contributed by atoms with Gasteiger partial charge in [-0.15, -0.1) is 0 Å². The molecule has 0 aliphatic carbocycles. The smallest absolute Gasteiger partial charge is 0.0668 e. The molecule has 0 amide bonds. The number of nitrogens with two attached hydrogens (primary N) is 1. The van der Waals surface area contributed by atoms with E-state index in [4.69, 9.17) is 28.9 Å². The van der Waals surface area contributed by atoms with Crippen molar-refractivity contribution in [3.63, 3.8) is 0 Å². The van der Waals surface area contributed by atoms with Crippen molar-refractivity contribution in [2.75, 3.05) is 30.8 Å². The summed E-state index contributed by atoms with van der Waals surface area (Å²) >= 11 is 12.0. The minimum Gasteiger partial charge on any atom is -0.399 e. The summed E-state index contributed by atoms with van der Waals surface area (Å²) in [4.78, 5) is 6.86. The standard InChI is InChI=1S/C18H17Cl2N3/c1-23-9-8-22-17(14-5-4-13(21)11-18(14)23)7-3-12-2-6-15(19)16(20)10-12/h2-7,10-11H,8-9,21H2,1H3. The predicted molar refractivity (Wildman–Crippen MR) is 101 cm³/mol. The molecule has 0 unspecified atom stereocenters. The van der Waals surface area contributed by atoms with Crippen LogP contribution in [0.5, 0.6) is 0 Å². The third-order valence-electron chi connectivity index (χ3n) is 3.80. The van der Waals surface area contributed by atoms with E-state index in [1.165, 1.54) is 0 Å². The second-order valence-electron chi connectivity index (χ2n) is 5.47. The molecule has 118 valence electrons. The predicted octanol–water partition coefficient (Wildman–Crippen LogP) is 4.53. The first-order chi connectivity index (χ1) is 11.0. The van der Waals surface area contributed by atoms with Crippen molar-refractivity contribution in [2.45, 2.75) is 0 Å². The van der Waals surface area contributed by atoms with Crippen LogP contribution in [0.4, 0.5) is 11.4 Å². The lowest BCUT2D eigenvalue weighted by Crippen LogP contribution is -2.20. The Kier molecular flexibility index (Phi) is 4.60. The minimum absolute atomic E-state index is 0.546. The number of nitrogens with zero attached hydrogens (tertiary/aromatic N) is 2. The monoisotopic (exact) mass is 345 g/mol. The molecule has 0 saturated carbocycles. The molecule has 2 N–H and O–H groups in total. The summed E-state index contributed by atoms with van der Waals surface area (Å²) in [7, 11) is 2.05. The number of rotatable bonds is 2. The molecule has 1 aliphatic heterocycles. The third kappa shape index (κ3) is 3.52. The second-order valence-corrected chi connectivity index (χ2v) is 6.29. The van der Waals surface area contributed by atoms with E-state index in [2.05, 4.69) is 16.9 Å². The van der Waals surface area contributed by atoms with Crippen LogP contribution in [0.2, 0.25) is 10.0 Å². The van der Waals surface area contributed by atoms with Gasteiger partial charge in [-0.1, -0.05) is 35.3 Å². The van der Waals surface area contributed by atoms with Crippen LogP contribution in [-0.4, -0.2) is 25.8 Å². The first kappa shape index (κ1) is 15.9. The van der Waals surface area contributed by atoms with E-state index < -0.39 is 0 Å². The van der Waals surface area contributed by atoms with Crippen LogP contribution in [0.25, 0.3) is 6.08 Å². The van der Waals surface area contributed by atoms with Gasteiger partial charge in [0.05, 0.1) is 22.3 Å². The first-order valence-electron chi connectivity index (χ1n) is 7.33. The van der Waals surface area contributed by atoms with Gasteiger partial charge in [0.1, 0.15) is 0 Å². The van der Waals surface area contributed by atoms with E-state index in [-0.39, 0.29) is 0 Å². The van der Waals surface area contributed by atoms with E-state index in [1.54, 1.807) is 6.07 Å². The molecule has 0 aromatic heterocycles. The Bertz CT molecular complexity index is 797. The fraction of sp³-hybridized carbons (Fsp3) is 0.167. The molecule has 0 spiro atoms. The normalized spacial score (nSPS) is 14.6. The lowest BCUT2D eigenvalue weighted by atomic mass is 10.0. The van der Waals surface area contributed by atoms with Crippen molar-refractivity contribution >= 4 is 46.4 Å². The molecule has 3 rings (SSSR count). The lowest BCUT2D eigenvalue weighted by Gasteiger charge is -2.19. The Balaban J connectivity index is 1.96. The highest BCUT2D eigenvalue weighted by Crippen LogP contribution is 2.27. The van der Waals surface area contributed by atoms with Crippen LogP contribution >= 0.6 is 23.2 Å². The number of aliphatic imine (C=N–C) groups is 1. The van der Waals surface area contributed by atoms with Gasteiger partial charge in [0, 0.05) is 30.5 Å². The maximum absolute atomic E-state index is 6.06. The molecule has 0 radical (unpaired) electrons. The molecule has 0 atom stereocenters. The molecule has 2 aromatic carbocycles. The highest BCUT2D eigenvalue weighted by atomic mass is 35.5. The average molecular weight is 346 g/mol. The molecule has 0 saturated heterocycles. The molecule has 0 fully saturated rings. The van der Waals surface area contributed by atoms with Gasteiger partial charge >= 0.3 is 0 Å². The highest BCUT2D eigenvalue weighted by Gasteiger charge is 2.14. The van der Waals surface area contributed by atoms with Gasteiger partial charge in [-0.2, -0.15) is 0 Å². The largest absolute Gasteiger partial charge is 0.399 e. The summed E-state index contributed by atoms with van der Waals surface area (Å²) in [5.41, 5.74) is 10.8. The second kappa shape index (κ2) is 6.65. The number of benzene rings is 2. The molecule has 0 bridgehead atoms. The Morgan fingerprint density at radius 3 is 2.70 bits per heavy atom. The molecular weight excluding hydrogens is 329 g/mol. The van der Waals surface area contributed by atoms with Crippen LogP contribution in [-0.2, 0) is 0 Å². The van der Waals surface area contributed by atoms with Crippen molar-refractivity contribution in [2.24, 2.45) is 4.99 Å². The van der Waals surface area contributed by atoms with Crippen molar-refractivity contribution in [1.29, 1.82) is 0 Å². The number of allylic oxidation sites excluding steroid dienone is 1. The fourth-order valence-corrected chi connectivity index (χ4v) is 2.85. The fourth-order valence-electron chi connectivity index (χ4n) is 2.54. The van der Waals surface area contributed by atoms with E-state index >= 15 is 0 Å². The molecular formula is C18H17Cl2N3. The van der Waals surface area contributed by atoms with Crippen molar-refractivity contribution in [3.05, 3.63) is 63.6 Å². The number of benzodiazepines with no additional fused rings is 1. The molecule has 3 nitrogen and oxygen atoms in total. The van der Waals surface area contributed by atoms with Crippen LogP contribution in [0.1, 0.15) is 11.1 Å². The third-order valence-corrected chi connectivity index (χ3v) is 4.54. The zero-order chi connectivity index (χ0) is 16.4. The number of hydrogen-bond acceptors (Lipinski definition) is 3. The summed E-state index contributed by atoms with van der Waals surface area (Å²) in [6.45, 7) is 1.60. The summed E-state index contributed by atoms with van der Waals surface area (Å²) in [5.74, 6) is 0. The van der Waals surface area contributed by atoms with Gasteiger partial charge in [-0.3, -0.25) is 4.99 Å². The van der Waals surface area contributed by atoms with Crippen LogP contribution < -0.4 is 10.6 Å². The van der Waals surface area contributed by atoms with Gasteiger partial charge < -0.3 is 10.6 Å². The molecule has 1 heterocycles. The van der Waals surface area contributed by atoms with Gasteiger partial charge in [-0.25, -0.2) is 0 Å². The van der Waals surface area contributed by atoms with Gasteiger partial charge in [0.25, 0.3) is 0 Å². The molecule has 2 aromatic rings. The Morgan fingerprint density at radius 2 is 1.91 bits per heavy atom. The molecule has 5 heteroatoms. The quantitative estimate of drug-likeness (QED) is 0.812. The first-order valence-corrected chi connectivity index (χ1v) is 8.09. The summed E-state index contributed by atoms with van der Waals surface area (Å²) in [6.07, 6.45) is 4.00. The number of fused-ring (bicyclic) bond motifs is 1. The minimum atomic E-state index is 0.546. The Labute approximate surface area is 146 Å². The topological polar surface area (TPSA) is 41.6 Å². The Morgan fingerprint density at radius 1 is 1.09 bits per heavy atom. The van der Waals surface area contributed by atoms with E-state index in [0.717, 1.165) is 41.3 Å². The van der Waals surface area contributed by atoms with Crippen molar-refractivity contribution < 1.29 is 0 Å². The van der Waals surface area contributed by atoms with E-state index in [9.17, 15) is 0 Å². The Hall–Kier alpha value is -1.97. The number of hydrogen-bond donors (Lipinski definition) is 1. The van der Waals surface area contributed by atoms with Crippen molar-refractivity contribution in [3.8, 4) is 0 Å².